The summed E-state index contributed by atoms with van der Waals surface area (Å²) in [5.74, 6) is 0.495. The van der Waals surface area contributed by atoms with E-state index >= 15 is 0 Å². The fraction of sp³-hybridized carbons (Fsp3) is 0.429. The lowest BCUT2D eigenvalue weighted by molar-refractivity contribution is 0.291. The minimum Gasteiger partial charge on any atom is -0.463 e. The normalized spacial score (nSPS) is 10.4. The third-order valence-corrected chi connectivity index (χ3v) is 2.92. The molecule has 0 saturated carbocycles. The maximum atomic E-state index is 5.95. The Kier molecular flexibility index (Phi) is 5.68. The van der Waals surface area contributed by atoms with Crippen molar-refractivity contribution in [3.05, 3.63) is 35.4 Å². The Morgan fingerprint density at radius 2 is 2.05 bits per heavy atom. The van der Waals surface area contributed by atoms with Gasteiger partial charge in [0.25, 0.3) is 0 Å². The first-order valence-electron chi connectivity index (χ1n) is 6.92. The van der Waals surface area contributed by atoms with Gasteiger partial charge < -0.3 is 9.64 Å². The van der Waals surface area contributed by atoms with Crippen LogP contribution < -0.4 is 9.64 Å². The summed E-state index contributed by atoms with van der Waals surface area (Å²) in [7, 11) is 0. The van der Waals surface area contributed by atoms with E-state index in [1.54, 1.807) is 6.20 Å². The van der Waals surface area contributed by atoms with E-state index in [1.165, 1.54) is 0 Å². The molecule has 0 aromatic carbocycles. The van der Waals surface area contributed by atoms with Crippen LogP contribution in [0.1, 0.15) is 26.0 Å². The van der Waals surface area contributed by atoms with Crippen LogP contribution in [0.3, 0.4) is 0 Å². The highest BCUT2D eigenvalue weighted by molar-refractivity contribution is 6.28. The molecule has 21 heavy (non-hydrogen) atoms. The van der Waals surface area contributed by atoms with Gasteiger partial charge in [0.15, 0.2) is 0 Å². The van der Waals surface area contributed by atoms with Crippen molar-refractivity contribution in [3.63, 3.8) is 0 Å². The SMILES string of the molecule is CCCOc1nc(Cl)nc(N(CC)Cc2ccccn2)n1. The molecule has 2 rings (SSSR count). The van der Waals surface area contributed by atoms with Gasteiger partial charge in [-0.05, 0) is 37.1 Å². The molecular weight excluding hydrogens is 290 g/mol. The fourth-order valence-corrected chi connectivity index (χ4v) is 1.88. The van der Waals surface area contributed by atoms with Crippen LogP contribution in [-0.2, 0) is 6.54 Å². The van der Waals surface area contributed by atoms with Crippen molar-refractivity contribution in [2.75, 3.05) is 18.1 Å². The second-order valence-electron chi connectivity index (χ2n) is 4.37. The number of halogens is 1. The number of nitrogens with zero attached hydrogens (tertiary/aromatic N) is 5. The average molecular weight is 308 g/mol. The number of hydrogen-bond donors (Lipinski definition) is 0. The molecule has 0 amide bonds. The second-order valence-corrected chi connectivity index (χ2v) is 4.71. The van der Waals surface area contributed by atoms with Gasteiger partial charge in [0, 0.05) is 12.7 Å². The van der Waals surface area contributed by atoms with E-state index in [9.17, 15) is 0 Å². The zero-order valence-electron chi connectivity index (χ0n) is 12.2. The second kappa shape index (κ2) is 7.73. The highest BCUT2D eigenvalue weighted by Crippen LogP contribution is 2.17. The van der Waals surface area contributed by atoms with Gasteiger partial charge in [-0.25, -0.2) is 0 Å². The van der Waals surface area contributed by atoms with Crippen molar-refractivity contribution in [3.8, 4) is 6.01 Å². The van der Waals surface area contributed by atoms with Crippen LogP contribution >= 0.6 is 11.6 Å². The van der Waals surface area contributed by atoms with Gasteiger partial charge in [-0.3, -0.25) is 4.98 Å². The first-order chi connectivity index (χ1) is 10.2. The third-order valence-electron chi connectivity index (χ3n) is 2.75. The summed E-state index contributed by atoms with van der Waals surface area (Å²) in [5, 5.41) is 0.130. The van der Waals surface area contributed by atoms with Gasteiger partial charge >= 0.3 is 6.01 Å². The van der Waals surface area contributed by atoms with Gasteiger partial charge in [0.1, 0.15) is 0 Å². The number of aromatic nitrogens is 4. The number of anilines is 1. The predicted octanol–water partition coefficient (Wildman–Crippen LogP) is 2.74. The lowest BCUT2D eigenvalue weighted by Crippen LogP contribution is -2.25. The van der Waals surface area contributed by atoms with Crippen molar-refractivity contribution in [2.24, 2.45) is 0 Å². The first-order valence-corrected chi connectivity index (χ1v) is 7.30. The Balaban J connectivity index is 2.19. The standard InChI is InChI=1S/C14H18ClN5O/c1-3-9-21-14-18-12(15)17-13(19-14)20(4-2)10-11-7-5-6-8-16-11/h5-8H,3-4,9-10H2,1-2H3. The zero-order chi connectivity index (χ0) is 15.1. The molecule has 0 aliphatic rings. The summed E-state index contributed by atoms with van der Waals surface area (Å²) in [5.41, 5.74) is 0.937. The van der Waals surface area contributed by atoms with E-state index < -0.39 is 0 Å². The van der Waals surface area contributed by atoms with Crippen molar-refractivity contribution >= 4 is 17.5 Å². The maximum Gasteiger partial charge on any atom is 0.322 e. The summed E-state index contributed by atoms with van der Waals surface area (Å²) in [6.07, 6.45) is 2.64. The molecule has 112 valence electrons. The van der Waals surface area contributed by atoms with Gasteiger partial charge in [-0.15, -0.1) is 0 Å². The van der Waals surface area contributed by atoms with E-state index in [1.807, 2.05) is 36.9 Å². The predicted molar refractivity (Wildman–Crippen MR) is 81.6 cm³/mol. The van der Waals surface area contributed by atoms with Crippen LogP contribution in [-0.4, -0.2) is 33.1 Å². The van der Waals surface area contributed by atoms with Crippen LogP contribution in [0, 0.1) is 0 Å². The molecule has 2 heterocycles. The first kappa shape index (κ1) is 15.4. The topological polar surface area (TPSA) is 64.0 Å². The molecule has 0 saturated heterocycles. The lowest BCUT2D eigenvalue weighted by atomic mass is 10.3. The summed E-state index contributed by atoms with van der Waals surface area (Å²) in [6.45, 7) is 5.91. The molecule has 0 bridgehead atoms. The van der Waals surface area contributed by atoms with Crippen LogP contribution in [0.4, 0.5) is 5.95 Å². The van der Waals surface area contributed by atoms with Gasteiger partial charge in [-0.2, -0.15) is 15.0 Å². The quantitative estimate of drug-likeness (QED) is 0.783. The van der Waals surface area contributed by atoms with Crippen LogP contribution in [0.5, 0.6) is 6.01 Å². The molecule has 0 radical (unpaired) electrons. The van der Waals surface area contributed by atoms with Crippen molar-refractivity contribution < 1.29 is 4.74 Å². The molecule has 2 aromatic rings. The Morgan fingerprint density at radius 3 is 2.71 bits per heavy atom. The highest BCUT2D eigenvalue weighted by atomic mass is 35.5. The highest BCUT2D eigenvalue weighted by Gasteiger charge is 2.13. The van der Waals surface area contributed by atoms with Gasteiger partial charge in [0.2, 0.25) is 11.2 Å². The molecule has 7 heteroatoms. The molecule has 0 aliphatic heterocycles. The van der Waals surface area contributed by atoms with E-state index in [0.29, 0.717) is 19.1 Å². The molecule has 0 aliphatic carbocycles. The van der Waals surface area contributed by atoms with E-state index in [2.05, 4.69) is 19.9 Å². The monoisotopic (exact) mass is 307 g/mol. The Morgan fingerprint density at radius 1 is 1.19 bits per heavy atom. The van der Waals surface area contributed by atoms with Gasteiger partial charge in [-0.1, -0.05) is 13.0 Å². The number of pyridine rings is 1. The summed E-state index contributed by atoms with van der Waals surface area (Å²) in [6, 6.07) is 6.05. The largest absolute Gasteiger partial charge is 0.463 e. The number of hydrogen-bond acceptors (Lipinski definition) is 6. The number of ether oxygens (including phenoxy) is 1. The molecule has 0 N–H and O–H groups in total. The van der Waals surface area contributed by atoms with Crippen molar-refractivity contribution in [2.45, 2.75) is 26.8 Å². The summed E-state index contributed by atoms with van der Waals surface area (Å²) >= 11 is 5.95. The lowest BCUT2D eigenvalue weighted by Gasteiger charge is -2.20. The van der Waals surface area contributed by atoms with Crippen molar-refractivity contribution in [1.29, 1.82) is 0 Å². The van der Waals surface area contributed by atoms with Gasteiger partial charge in [0.05, 0.1) is 18.8 Å². The zero-order valence-corrected chi connectivity index (χ0v) is 12.9. The molecule has 2 aromatic heterocycles. The summed E-state index contributed by atoms with van der Waals surface area (Å²) in [4.78, 5) is 18.7. The Labute approximate surface area is 129 Å². The summed E-state index contributed by atoms with van der Waals surface area (Å²) < 4.78 is 5.43. The average Bonchev–Trinajstić information content (AvgIpc) is 2.51. The third kappa shape index (κ3) is 4.53. The molecule has 0 atom stereocenters. The Hall–Kier alpha value is -1.95. The molecule has 0 unspecified atom stereocenters. The molecule has 6 nitrogen and oxygen atoms in total. The smallest absolute Gasteiger partial charge is 0.322 e. The van der Waals surface area contributed by atoms with E-state index in [0.717, 1.165) is 18.7 Å². The minimum absolute atomic E-state index is 0.130. The van der Waals surface area contributed by atoms with Crippen LogP contribution in [0.25, 0.3) is 0 Å². The van der Waals surface area contributed by atoms with Crippen LogP contribution in [0.15, 0.2) is 24.4 Å². The van der Waals surface area contributed by atoms with E-state index in [4.69, 9.17) is 16.3 Å². The van der Waals surface area contributed by atoms with Crippen molar-refractivity contribution in [1.82, 2.24) is 19.9 Å². The maximum absolute atomic E-state index is 5.95. The molecule has 0 fully saturated rings. The van der Waals surface area contributed by atoms with E-state index in [-0.39, 0.29) is 11.3 Å². The minimum atomic E-state index is 0.130. The van der Waals surface area contributed by atoms with Crippen LogP contribution in [0.2, 0.25) is 5.28 Å². The Bertz CT molecular complexity index is 567. The molecule has 0 spiro atoms. The fourth-order valence-electron chi connectivity index (χ4n) is 1.73. The molecular formula is C14H18ClN5O. The number of rotatable bonds is 7.